The van der Waals surface area contributed by atoms with Crippen molar-refractivity contribution in [1.82, 2.24) is 9.78 Å². The maximum absolute atomic E-state index is 5.11. The summed E-state index contributed by atoms with van der Waals surface area (Å²) >= 11 is 0. The number of hydrogen-bond donors (Lipinski definition) is 0. The van der Waals surface area contributed by atoms with Crippen molar-refractivity contribution in [1.29, 1.82) is 0 Å². The summed E-state index contributed by atoms with van der Waals surface area (Å²) in [6.07, 6.45) is 0. The highest BCUT2D eigenvalue weighted by Gasteiger charge is 2.06. The molecule has 1 aromatic heterocycles. The third kappa shape index (κ3) is 1.31. The highest BCUT2D eigenvalue weighted by molar-refractivity contribution is 5.81. The predicted molar refractivity (Wildman–Crippen MR) is 51.4 cm³/mol. The van der Waals surface area contributed by atoms with Gasteiger partial charge in [0.2, 0.25) is 0 Å². The van der Waals surface area contributed by atoms with Gasteiger partial charge in [0.05, 0.1) is 17.8 Å². The molecule has 3 nitrogen and oxygen atoms in total. The van der Waals surface area contributed by atoms with Gasteiger partial charge in [0.25, 0.3) is 0 Å². The van der Waals surface area contributed by atoms with E-state index in [1.807, 2.05) is 29.9 Å². The van der Waals surface area contributed by atoms with Crippen LogP contribution in [-0.2, 0) is 18.4 Å². The fourth-order valence-corrected chi connectivity index (χ4v) is 1.51. The summed E-state index contributed by atoms with van der Waals surface area (Å²) in [7, 11) is 3.64. The van der Waals surface area contributed by atoms with Crippen molar-refractivity contribution in [3.63, 3.8) is 0 Å². The summed E-state index contributed by atoms with van der Waals surface area (Å²) in [5.74, 6) is 0. The topological polar surface area (TPSA) is 27.1 Å². The molecule has 1 aromatic carbocycles. The van der Waals surface area contributed by atoms with E-state index in [4.69, 9.17) is 4.74 Å². The summed E-state index contributed by atoms with van der Waals surface area (Å²) in [6, 6.07) is 8.08. The number of benzene rings is 1. The Hall–Kier alpha value is -1.35. The average molecular weight is 176 g/mol. The molecular weight excluding hydrogens is 164 g/mol. The third-order valence-electron chi connectivity index (χ3n) is 2.14. The molecule has 0 aliphatic rings. The lowest BCUT2D eigenvalue weighted by atomic mass is 10.2. The number of fused-ring (bicyclic) bond motifs is 1. The lowest BCUT2D eigenvalue weighted by Crippen LogP contribution is -1.99. The van der Waals surface area contributed by atoms with Crippen molar-refractivity contribution in [2.24, 2.45) is 7.05 Å². The van der Waals surface area contributed by atoms with Crippen LogP contribution in [0.25, 0.3) is 10.9 Å². The number of rotatable bonds is 2. The van der Waals surface area contributed by atoms with Gasteiger partial charge in [-0.1, -0.05) is 18.2 Å². The van der Waals surface area contributed by atoms with Crippen LogP contribution in [0.4, 0.5) is 0 Å². The number of methoxy groups -OCH3 is 1. The van der Waals surface area contributed by atoms with Gasteiger partial charge < -0.3 is 4.74 Å². The summed E-state index contributed by atoms with van der Waals surface area (Å²) in [5, 5.41) is 5.54. The minimum atomic E-state index is 0.608. The van der Waals surface area contributed by atoms with Crippen molar-refractivity contribution < 1.29 is 4.74 Å². The van der Waals surface area contributed by atoms with Gasteiger partial charge in [-0.3, -0.25) is 4.68 Å². The number of aromatic nitrogens is 2. The van der Waals surface area contributed by atoms with E-state index in [0.717, 1.165) is 11.2 Å². The molecule has 2 rings (SSSR count). The van der Waals surface area contributed by atoms with Crippen LogP contribution >= 0.6 is 0 Å². The maximum atomic E-state index is 5.11. The Morgan fingerprint density at radius 1 is 1.38 bits per heavy atom. The summed E-state index contributed by atoms with van der Waals surface area (Å²) in [5.41, 5.74) is 2.15. The van der Waals surface area contributed by atoms with Crippen molar-refractivity contribution in [2.75, 3.05) is 7.11 Å². The van der Waals surface area contributed by atoms with E-state index >= 15 is 0 Å². The highest BCUT2D eigenvalue weighted by atomic mass is 16.5. The molecule has 13 heavy (non-hydrogen) atoms. The van der Waals surface area contributed by atoms with Gasteiger partial charge in [-0.2, -0.15) is 5.10 Å². The summed E-state index contributed by atoms with van der Waals surface area (Å²) in [6.45, 7) is 0.608. The van der Waals surface area contributed by atoms with E-state index < -0.39 is 0 Å². The zero-order valence-corrected chi connectivity index (χ0v) is 7.82. The molecule has 0 unspecified atom stereocenters. The Balaban J connectivity index is 2.64. The molecule has 0 radical (unpaired) electrons. The van der Waals surface area contributed by atoms with Crippen LogP contribution in [0.3, 0.4) is 0 Å². The molecule has 0 N–H and O–H groups in total. The molecule has 0 saturated carbocycles. The van der Waals surface area contributed by atoms with Gasteiger partial charge in [-0.15, -0.1) is 0 Å². The van der Waals surface area contributed by atoms with E-state index in [1.165, 1.54) is 5.39 Å². The first-order chi connectivity index (χ1) is 6.33. The van der Waals surface area contributed by atoms with Crippen LogP contribution in [-0.4, -0.2) is 16.9 Å². The number of hydrogen-bond acceptors (Lipinski definition) is 2. The molecule has 1 heterocycles. The molecule has 0 atom stereocenters. The molecule has 0 spiro atoms. The molecule has 0 amide bonds. The summed E-state index contributed by atoms with van der Waals surface area (Å²) in [4.78, 5) is 0. The molecule has 68 valence electrons. The largest absolute Gasteiger partial charge is 0.378 e. The fraction of sp³-hybridized carbons (Fsp3) is 0.300. The molecule has 0 aliphatic heterocycles. The predicted octanol–water partition coefficient (Wildman–Crippen LogP) is 1.72. The Morgan fingerprint density at radius 3 is 2.92 bits per heavy atom. The van der Waals surface area contributed by atoms with Gasteiger partial charge in [0.1, 0.15) is 0 Å². The van der Waals surface area contributed by atoms with E-state index in [9.17, 15) is 0 Å². The quantitative estimate of drug-likeness (QED) is 0.696. The Labute approximate surface area is 76.9 Å². The smallest absolute Gasteiger partial charge is 0.0927 e. The standard InChI is InChI=1S/C10H12N2O/c1-12-10(7-13-2)8-5-3-4-6-9(8)11-12/h3-6H,7H2,1-2H3. The van der Waals surface area contributed by atoms with Crippen molar-refractivity contribution >= 4 is 10.9 Å². The molecule has 0 bridgehead atoms. The Morgan fingerprint density at radius 2 is 2.15 bits per heavy atom. The van der Waals surface area contributed by atoms with Crippen LogP contribution in [0.2, 0.25) is 0 Å². The van der Waals surface area contributed by atoms with Crippen LogP contribution in [0.5, 0.6) is 0 Å². The zero-order valence-electron chi connectivity index (χ0n) is 7.82. The molecule has 3 heteroatoms. The van der Waals surface area contributed by atoms with Crippen LogP contribution in [0, 0.1) is 0 Å². The van der Waals surface area contributed by atoms with Crippen molar-refractivity contribution in [2.45, 2.75) is 6.61 Å². The Bertz CT molecular complexity index is 420. The second kappa shape index (κ2) is 3.18. The third-order valence-corrected chi connectivity index (χ3v) is 2.14. The average Bonchev–Trinajstić information content (AvgIpc) is 2.44. The first kappa shape index (κ1) is 8.26. The van der Waals surface area contributed by atoms with E-state index in [1.54, 1.807) is 7.11 Å². The maximum Gasteiger partial charge on any atom is 0.0927 e. The van der Waals surface area contributed by atoms with Crippen LogP contribution in [0.15, 0.2) is 24.3 Å². The first-order valence-corrected chi connectivity index (χ1v) is 4.22. The van der Waals surface area contributed by atoms with Crippen molar-refractivity contribution in [3.8, 4) is 0 Å². The van der Waals surface area contributed by atoms with Crippen LogP contribution in [0.1, 0.15) is 5.69 Å². The summed E-state index contributed by atoms with van der Waals surface area (Å²) < 4.78 is 6.98. The fourth-order valence-electron chi connectivity index (χ4n) is 1.51. The number of nitrogens with zero attached hydrogens (tertiary/aromatic N) is 2. The van der Waals surface area contributed by atoms with E-state index in [-0.39, 0.29) is 0 Å². The van der Waals surface area contributed by atoms with Gasteiger partial charge in [0.15, 0.2) is 0 Å². The van der Waals surface area contributed by atoms with E-state index in [2.05, 4.69) is 11.2 Å². The van der Waals surface area contributed by atoms with Gasteiger partial charge in [-0.25, -0.2) is 0 Å². The number of aryl methyl sites for hydroxylation is 1. The molecular formula is C10H12N2O. The minimum Gasteiger partial charge on any atom is -0.378 e. The highest BCUT2D eigenvalue weighted by Crippen LogP contribution is 2.17. The lowest BCUT2D eigenvalue weighted by Gasteiger charge is -1.99. The van der Waals surface area contributed by atoms with Gasteiger partial charge >= 0.3 is 0 Å². The van der Waals surface area contributed by atoms with Crippen molar-refractivity contribution in [3.05, 3.63) is 30.0 Å². The van der Waals surface area contributed by atoms with Crippen LogP contribution < -0.4 is 0 Å². The molecule has 0 saturated heterocycles. The first-order valence-electron chi connectivity index (χ1n) is 4.22. The molecule has 0 fully saturated rings. The number of ether oxygens (including phenoxy) is 1. The SMILES string of the molecule is COCc1c2ccccc2nn1C. The van der Waals surface area contributed by atoms with E-state index in [0.29, 0.717) is 6.61 Å². The lowest BCUT2D eigenvalue weighted by molar-refractivity contribution is 0.179. The normalized spacial score (nSPS) is 10.9. The second-order valence-corrected chi connectivity index (χ2v) is 3.02. The minimum absolute atomic E-state index is 0.608. The monoisotopic (exact) mass is 176 g/mol. The zero-order chi connectivity index (χ0) is 9.26. The Kier molecular flexibility index (Phi) is 2.02. The second-order valence-electron chi connectivity index (χ2n) is 3.02. The van der Waals surface area contributed by atoms with Gasteiger partial charge in [0, 0.05) is 19.5 Å². The molecule has 0 aliphatic carbocycles. The van der Waals surface area contributed by atoms with Gasteiger partial charge in [-0.05, 0) is 6.07 Å². The molecule has 2 aromatic rings.